The molecule has 1 nitrogen and oxygen atoms in total. The van der Waals surface area contributed by atoms with Gasteiger partial charge in [0.25, 0.3) is 0 Å². The zero-order valence-electron chi connectivity index (χ0n) is 10.7. The quantitative estimate of drug-likeness (QED) is 0.862. The third kappa shape index (κ3) is 3.93. The summed E-state index contributed by atoms with van der Waals surface area (Å²) in [6.45, 7) is 5.13. The number of rotatable bonds is 5. The number of hydrogen-bond donors (Lipinski definition) is 1. The third-order valence-electron chi connectivity index (χ3n) is 2.85. The van der Waals surface area contributed by atoms with E-state index in [1.54, 1.807) is 12.1 Å². The average molecular weight is 263 g/mol. The van der Waals surface area contributed by atoms with Gasteiger partial charge in [-0.2, -0.15) is 0 Å². The van der Waals surface area contributed by atoms with Crippen molar-refractivity contribution in [3.8, 4) is 0 Å². The lowest BCUT2D eigenvalue weighted by Crippen LogP contribution is -2.27. The average Bonchev–Trinajstić information content (AvgIpc) is 2.73. The van der Waals surface area contributed by atoms with Crippen LogP contribution in [0.3, 0.4) is 0 Å². The highest BCUT2D eigenvalue weighted by Crippen LogP contribution is 2.15. The molecule has 1 aromatic carbocycles. The molecule has 0 aliphatic heterocycles. The Balaban J connectivity index is 1.83. The van der Waals surface area contributed by atoms with Gasteiger partial charge in [0.15, 0.2) is 0 Å². The Labute approximate surface area is 112 Å². The van der Waals surface area contributed by atoms with Crippen molar-refractivity contribution in [1.82, 2.24) is 5.32 Å². The lowest BCUT2D eigenvalue weighted by molar-refractivity contribution is 0.546. The lowest BCUT2D eigenvalue weighted by atomic mass is 10.1. The van der Waals surface area contributed by atoms with Crippen LogP contribution in [0.15, 0.2) is 36.4 Å². The van der Waals surface area contributed by atoms with Gasteiger partial charge in [-0.3, -0.25) is 0 Å². The van der Waals surface area contributed by atoms with Crippen molar-refractivity contribution >= 4 is 11.3 Å². The Morgan fingerprint density at radius 3 is 2.78 bits per heavy atom. The van der Waals surface area contributed by atoms with E-state index in [0.29, 0.717) is 6.04 Å². The van der Waals surface area contributed by atoms with Crippen LogP contribution in [0.5, 0.6) is 0 Å². The molecule has 0 spiro atoms. The van der Waals surface area contributed by atoms with Gasteiger partial charge in [-0.15, -0.1) is 11.3 Å². The number of thiophene rings is 1. The minimum Gasteiger partial charge on any atom is -0.309 e. The van der Waals surface area contributed by atoms with Crippen LogP contribution in [-0.2, 0) is 13.0 Å². The Hall–Kier alpha value is -1.19. The zero-order chi connectivity index (χ0) is 13.0. The molecule has 0 fully saturated rings. The molecule has 1 heterocycles. The Morgan fingerprint density at radius 2 is 2.11 bits per heavy atom. The van der Waals surface area contributed by atoms with Gasteiger partial charge in [0, 0.05) is 22.3 Å². The van der Waals surface area contributed by atoms with Crippen LogP contribution in [0.4, 0.5) is 4.39 Å². The molecule has 0 saturated carbocycles. The number of halogens is 1. The zero-order valence-corrected chi connectivity index (χ0v) is 11.6. The fourth-order valence-corrected chi connectivity index (χ4v) is 2.79. The van der Waals surface area contributed by atoms with Crippen LogP contribution in [0, 0.1) is 12.7 Å². The van der Waals surface area contributed by atoms with Crippen molar-refractivity contribution in [3.63, 3.8) is 0 Å². The summed E-state index contributed by atoms with van der Waals surface area (Å²) in [6.07, 6.45) is 0.849. The molecular weight excluding hydrogens is 245 g/mol. The first-order chi connectivity index (χ1) is 8.63. The summed E-state index contributed by atoms with van der Waals surface area (Å²) < 4.78 is 13.1. The minimum absolute atomic E-state index is 0.159. The molecule has 0 radical (unpaired) electrons. The summed E-state index contributed by atoms with van der Waals surface area (Å²) in [5, 5.41) is 3.47. The van der Waals surface area contributed by atoms with Crippen LogP contribution in [0.2, 0.25) is 0 Å². The van der Waals surface area contributed by atoms with Gasteiger partial charge in [0.05, 0.1) is 0 Å². The predicted molar refractivity (Wildman–Crippen MR) is 75.5 cm³/mol. The molecule has 1 aromatic heterocycles. The van der Waals surface area contributed by atoms with Crippen LogP contribution >= 0.6 is 11.3 Å². The molecule has 18 heavy (non-hydrogen) atoms. The van der Waals surface area contributed by atoms with Crippen molar-refractivity contribution in [3.05, 3.63) is 57.5 Å². The summed E-state index contributed by atoms with van der Waals surface area (Å²) in [4.78, 5) is 2.68. The topological polar surface area (TPSA) is 12.0 Å². The van der Waals surface area contributed by atoms with E-state index >= 15 is 0 Å². The van der Waals surface area contributed by atoms with E-state index in [2.05, 4.69) is 31.3 Å². The van der Waals surface area contributed by atoms with Crippen LogP contribution in [0.1, 0.15) is 22.2 Å². The molecule has 1 unspecified atom stereocenters. The van der Waals surface area contributed by atoms with E-state index in [0.717, 1.165) is 18.5 Å². The first-order valence-electron chi connectivity index (χ1n) is 6.16. The van der Waals surface area contributed by atoms with Gasteiger partial charge in [0.1, 0.15) is 5.82 Å². The highest BCUT2D eigenvalue weighted by molar-refractivity contribution is 7.11. The molecule has 0 aliphatic carbocycles. The lowest BCUT2D eigenvalue weighted by Gasteiger charge is -2.13. The fourth-order valence-electron chi connectivity index (χ4n) is 1.94. The second-order valence-electron chi connectivity index (χ2n) is 4.63. The van der Waals surface area contributed by atoms with E-state index in [9.17, 15) is 4.39 Å². The largest absolute Gasteiger partial charge is 0.309 e. The highest BCUT2D eigenvalue weighted by Gasteiger charge is 2.05. The molecule has 0 saturated heterocycles. The molecule has 0 amide bonds. The summed E-state index contributed by atoms with van der Waals surface area (Å²) in [6, 6.07) is 11.5. The fraction of sp³-hybridized carbons (Fsp3) is 0.333. The van der Waals surface area contributed by atoms with Crippen molar-refractivity contribution in [2.45, 2.75) is 32.9 Å². The normalized spacial score (nSPS) is 12.6. The van der Waals surface area contributed by atoms with Gasteiger partial charge in [0.2, 0.25) is 0 Å². The molecule has 96 valence electrons. The van der Waals surface area contributed by atoms with Gasteiger partial charge in [-0.1, -0.05) is 12.1 Å². The summed E-state index contributed by atoms with van der Waals surface area (Å²) in [5.41, 5.74) is 1.04. The molecule has 2 aromatic rings. The van der Waals surface area contributed by atoms with Crippen LogP contribution in [-0.4, -0.2) is 6.04 Å². The summed E-state index contributed by atoms with van der Waals surface area (Å²) >= 11 is 1.82. The van der Waals surface area contributed by atoms with Crippen molar-refractivity contribution in [1.29, 1.82) is 0 Å². The van der Waals surface area contributed by atoms with Gasteiger partial charge in [-0.05, 0) is 50.1 Å². The van der Waals surface area contributed by atoms with E-state index in [-0.39, 0.29) is 5.82 Å². The monoisotopic (exact) mass is 263 g/mol. The van der Waals surface area contributed by atoms with E-state index in [4.69, 9.17) is 0 Å². The Kier molecular flexibility index (Phi) is 4.50. The Morgan fingerprint density at radius 1 is 1.28 bits per heavy atom. The SMILES string of the molecule is Cc1ccc(CNC(C)Cc2cccc(F)c2)s1. The second kappa shape index (κ2) is 6.12. The number of nitrogens with one attached hydrogen (secondary N) is 1. The van der Waals surface area contributed by atoms with Crippen LogP contribution < -0.4 is 5.32 Å². The van der Waals surface area contributed by atoms with Crippen LogP contribution in [0.25, 0.3) is 0 Å². The highest BCUT2D eigenvalue weighted by atomic mass is 32.1. The van der Waals surface area contributed by atoms with E-state index in [1.165, 1.54) is 15.8 Å². The molecule has 2 rings (SSSR count). The van der Waals surface area contributed by atoms with Crippen molar-refractivity contribution < 1.29 is 4.39 Å². The van der Waals surface area contributed by atoms with Gasteiger partial charge in [-0.25, -0.2) is 4.39 Å². The third-order valence-corrected chi connectivity index (χ3v) is 3.85. The maximum absolute atomic E-state index is 13.1. The standard InChI is InChI=1S/C15H18FNS/c1-11(8-13-4-3-5-14(16)9-13)17-10-15-7-6-12(2)18-15/h3-7,9,11,17H,8,10H2,1-2H3. The minimum atomic E-state index is -0.159. The molecule has 3 heteroatoms. The first kappa shape index (κ1) is 13.2. The molecular formula is C15H18FNS. The first-order valence-corrected chi connectivity index (χ1v) is 6.98. The molecule has 1 atom stereocenters. The predicted octanol–water partition coefficient (Wildman–Crippen LogP) is 3.92. The van der Waals surface area contributed by atoms with Crippen molar-refractivity contribution in [2.75, 3.05) is 0 Å². The van der Waals surface area contributed by atoms with Gasteiger partial charge >= 0.3 is 0 Å². The molecule has 0 aliphatic rings. The van der Waals surface area contributed by atoms with Crippen molar-refractivity contribution in [2.24, 2.45) is 0 Å². The molecule has 0 bridgehead atoms. The van der Waals surface area contributed by atoms with E-state index in [1.807, 2.05) is 17.4 Å². The number of aryl methyl sites for hydroxylation is 1. The number of hydrogen-bond acceptors (Lipinski definition) is 2. The molecule has 1 N–H and O–H groups in total. The maximum Gasteiger partial charge on any atom is 0.123 e. The summed E-state index contributed by atoms with van der Waals surface area (Å²) in [7, 11) is 0. The summed E-state index contributed by atoms with van der Waals surface area (Å²) in [5.74, 6) is -0.159. The maximum atomic E-state index is 13.1. The number of benzene rings is 1. The van der Waals surface area contributed by atoms with E-state index < -0.39 is 0 Å². The smallest absolute Gasteiger partial charge is 0.123 e. The second-order valence-corrected chi connectivity index (χ2v) is 6.00. The Bertz CT molecular complexity index is 507. The van der Waals surface area contributed by atoms with Gasteiger partial charge < -0.3 is 5.32 Å².